The molecule has 2 heteroatoms. The van der Waals surface area contributed by atoms with Crippen molar-refractivity contribution in [1.29, 1.82) is 10.8 Å². The van der Waals surface area contributed by atoms with Gasteiger partial charge in [0.2, 0.25) is 0 Å². The summed E-state index contributed by atoms with van der Waals surface area (Å²) in [5.74, 6) is -0.0556. The number of allylic oxidation sites excluding steroid dienone is 6. The Morgan fingerprint density at radius 2 is 2.08 bits per heavy atom. The highest BCUT2D eigenvalue weighted by Gasteiger charge is 2.24. The summed E-state index contributed by atoms with van der Waals surface area (Å²) < 4.78 is 0. The van der Waals surface area contributed by atoms with Crippen LogP contribution in [0, 0.1) is 16.7 Å². The van der Waals surface area contributed by atoms with Crippen LogP contribution in [0.25, 0.3) is 0 Å². The first-order chi connectivity index (χ1) is 5.79. The van der Waals surface area contributed by atoms with Crippen LogP contribution in [0.5, 0.6) is 0 Å². The molecular weight excluding hydrogens is 148 g/mol. The van der Waals surface area contributed by atoms with Gasteiger partial charge >= 0.3 is 0 Å². The third-order valence-electron chi connectivity index (χ3n) is 2.21. The fourth-order valence-corrected chi connectivity index (χ4v) is 1.62. The predicted octanol–water partition coefficient (Wildman–Crippen LogP) is 2.10. The summed E-state index contributed by atoms with van der Waals surface area (Å²) >= 11 is 0. The summed E-state index contributed by atoms with van der Waals surface area (Å²) in [4.78, 5) is 0. The maximum absolute atomic E-state index is 7.68. The van der Waals surface area contributed by atoms with E-state index in [1.54, 1.807) is 6.08 Å². The fraction of sp³-hybridized carbons (Fsp3) is 0.200. The van der Waals surface area contributed by atoms with E-state index in [0.29, 0.717) is 17.8 Å². The Morgan fingerprint density at radius 1 is 1.25 bits per heavy atom. The molecule has 0 bridgehead atoms. The van der Waals surface area contributed by atoms with Crippen LogP contribution >= 0.6 is 0 Å². The highest BCUT2D eigenvalue weighted by Crippen LogP contribution is 2.25. The topological polar surface area (TPSA) is 47.7 Å². The van der Waals surface area contributed by atoms with E-state index >= 15 is 0 Å². The van der Waals surface area contributed by atoms with Gasteiger partial charge in [0.05, 0.1) is 5.92 Å². The molecule has 0 spiro atoms. The molecule has 0 aromatic carbocycles. The second kappa shape index (κ2) is 2.55. The lowest BCUT2D eigenvalue weighted by atomic mass is 9.81. The van der Waals surface area contributed by atoms with Gasteiger partial charge in [-0.2, -0.15) is 0 Å². The fourth-order valence-electron chi connectivity index (χ4n) is 1.62. The van der Waals surface area contributed by atoms with Crippen molar-refractivity contribution in [3.63, 3.8) is 0 Å². The minimum atomic E-state index is -0.0556. The molecule has 0 heterocycles. The minimum absolute atomic E-state index is 0.0556. The summed E-state index contributed by atoms with van der Waals surface area (Å²) in [7, 11) is 0. The molecule has 12 heavy (non-hydrogen) atoms. The van der Waals surface area contributed by atoms with Gasteiger partial charge in [0.1, 0.15) is 0 Å². The normalized spacial score (nSPS) is 27.0. The molecule has 2 N–H and O–H groups in total. The number of hydrogen-bond donors (Lipinski definition) is 2. The first-order valence-corrected chi connectivity index (χ1v) is 3.99. The Morgan fingerprint density at radius 3 is 2.83 bits per heavy atom. The van der Waals surface area contributed by atoms with Gasteiger partial charge in [0, 0.05) is 17.8 Å². The lowest BCUT2D eigenvalue weighted by Gasteiger charge is -2.23. The lowest BCUT2D eigenvalue weighted by molar-refractivity contribution is 1.02. The molecule has 2 nitrogen and oxygen atoms in total. The smallest absolute Gasteiger partial charge is 0.0635 e. The molecule has 60 valence electrons. The predicted molar refractivity (Wildman–Crippen MR) is 49.9 cm³/mol. The monoisotopic (exact) mass is 158 g/mol. The van der Waals surface area contributed by atoms with E-state index < -0.39 is 0 Å². The van der Waals surface area contributed by atoms with Crippen LogP contribution in [0.15, 0.2) is 36.0 Å². The third-order valence-corrected chi connectivity index (χ3v) is 2.21. The van der Waals surface area contributed by atoms with E-state index in [9.17, 15) is 0 Å². The van der Waals surface area contributed by atoms with Crippen LogP contribution in [0.4, 0.5) is 0 Å². The van der Waals surface area contributed by atoms with Crippen molar-refractivity contribution in [2.45, 2.75) is 6.42 Å². The number of fused-ring (bicyclic) bond motifs is 1. The molecule has 0 saturated carbocycles. The van der Waals surface area contributed by atoms with Gasteiger partial charge < -0.3 is 10.8 Å². The van der Waals surface area contributed by atoms with E-state index in [4.69, 9.17) is 10.8 Å². The lowest BCUT2D eigenvalue weighted by Crippen LogP contribution is -2.26. The van der Waals surface area contributed by atoms with E-state index in [2.05, 4.69) is 0 Å². The molecular formula is C10H10N2. The Hall–Kier alpha value is -1.44. The standard InChI is InChI=1S/C10H10N2/c11-8-5-1-3-7-4-2-6-9(12)10(7)8/h1-5,10-12H,6H2. The Kier molecular flexibility index (Phi) is 1.54. The van der Waals surface area contributed by atoms with Crippen molar-refractivity contribution in [3.8, 4) is 0 Å². The summed E-state index contributed by atoms with van der Waals surface area (Å²) in [5, 5.41) is 15.3. The molecule has 1 unspecified atom stereocenters. The first-order valence-electron chi connectivity index (χ1n) is 3.99. The van der Waals surface area contributed by atoms with Crippen LogP contribution in [0.3, 0.4) is 0 Å². The maximum atomic E-state index is 7.68. The van der Waals surface area contributed by atoms with Crippen molar-refractivity contribution in [1.82, 2.24) is 0 Å². The quantitative estimate of drug-likeness (QED) is 0.542. The van der Waals surface area contributed by atoms with Crippen molar-refractivity contribution in [2.75, 3.05) is 0 Å². The maximum Gasteiger partial charge on any atom is 0.0635 e. The highest BCUT2D eigenvalue weighted by molar-refractivity contribution is 6.14. The average Bonchev–Trinajstić information content (AvgIpc) is 2.04. The minimum Gasteiger partial charge on any atom is -0.308 e. The Labute approximate surface area is 71.3 Å². The van der Waals surface area contributed by atoms with Crippen molar-refractivity contribution >= 4 is 11.4 Å². The van der Waals surface area contributed by atoms with Crippen LogP contribution in [0.1, 0.15) is 6.42 Å². The number of nitrogens with one attached hydrogen (secondary N) is 2. The van der Waals surface area contributed by atoms with Gasteiger partial charge in [-0.05, 0) is 11.6 Å². The molecule has 0 aromatic rings. The molecule has 2 aliphatic rings. The van der Waals surface area contributed by atoms with Crippen molar-refractivity contribution in [3.05, 3.63) is 36.0 Å². The zero-order valence-electron chi connectivity index (χ0n) is 6.67. The molecule has 0 radical (unpaired) electrons. The SMILES string of the molecule is N=C1C=CC=C2C=CCC(=N)C12. The van der Waals surface area contributed by atoms with Gasteiger partial charge in [-0.1, -0.05) is 24.3 Å². The van der Waals surface area contributed by atoms with E-state index in [0.717, 1.165) is 5.57 Å². The van der Waals surface area contributed by atoms with Gasteiger partial charge in [0.25, 0.3) is 0 Å². The molecule has 2 rings (SSSR count). The highest BCUT2D eigenvalue weighted by atomic mass is 14.5. The summed E-state index contributed by atoms with van der Waals surface area (Å²) in [6, 6.07) is 0. The second-order valence-corrected chi connectivity index (χ2v) is 3.05. The first kappa shape index (κ1) is 7.22. The molecule has 0 fully saturated rings. The summed E-state index contributed by atoms with van der Waals surface area (Å²) in [6.45, 7) is 0. The molecule has 0 aliphatic heterocycles. The Bertz CT molecular complexity index is 332. The largest absolute Gasteiger partial charge is 0.308 e. The van der Waals surface area contributed by atoms with Crippen LogP contribution in [-0.2, 0) is 0 Å². The van der Waals surface area contributed by atoms with E-state index in [-0.39, 0.29) is 5.92 Å². The Balaban J connectivity index is 2.46. The molecule has 0 aromatic heterocycles. The number of rotatable bonds is 0. The van der Waals surface area contributed by atoms with E-state index in [1.807, 2.05) is 24.3 Å². The zero-order valence-corrected chi connectivity index (χ0v) is 6.67. The third kappa shape index (κ3) is 0.961. The summed E-state index contributed by atoms with van der Waals surface area (Å²) in [6.07, 6.45) is 10.3. The molecule has 1 atom stereocenters. The van der Waals surface area contributed by atoms with Gasteiger partial charge in [-0.25, -0.2) is 0 Å². The van der Waals surface area contributed by atoms with Gasteiger partial charge in [-0.15, -0.1) is 0 Å². The van der Waals surface area contributed by atoms with Crippen molar-refractivity contribution in [2.24, 2.45) is 5.92 Å². The van der Waals surface area contributed by atoms with Gasteiger partial charge in [-0.3, -0.25) is 0 Å². The molecule has 2 aliphatic carbocycles. The van der Waals surface area contributed by atoms with Crippen LogP contribution in [0.2, 0.25) is 0 Å². The van der Waals surface area contributed by atoms with Crippen LogP contribution < -0.4 is 0 Å². The second-order valence-electron chi connectivity index (χ2n) is 3.05. The molecule has 0 saturated heterocycles. The summed E-state index contributed by atoms with van der Waals surface area (Å²) in [5.41, 5.74) is 2.26. The molecule has 0 amide bonds. The van der Waals surface area contributed by atoms with Crippen LogP contribution in [-0.4, -0.2) is 11.4 Å². The van der Waals surface area contributed by atoms with E-state index in [1.165, 1.54) is 0 Å². The number of hydrogen-bond acceptors (Lipinski definition) is 2. The zero-order chi connectivity index (χ0) is 8.55. The van der Waals surface area contributed by atoms with Crippen molar-refractivity contribution < 1.29 is 0 Å². The van der Waals surface area contributed by atoms with Gasteiger partial charge in [0.15, 0.2) is 0 Å². The average molecular weight is 158 g/mol.